The number of benzene rings is 2. The predicted molar refractivity (Wildman–Crippen MR) is 157 cm³/mol. The molecule has 0 aliphatic carbocycles. The number of rotatable bonds is 11. The quantitative estimate of drug-likeness (QED) is 0.0984. The van der Waals surface area contributed by atoms with Gasteiger partial charge >= 0.3 is 11.9 Å². The summed E-state index contributed by atoms with van der Waals surface area (Å²) in [5.41, 5.74) is 1.92. The number of thiazole rings is 1. The molecular formula is C31H32N2O7S. The van der Waals surface area contributed by atoms with E-state index >= 15 is 0 Å². The van der Waals surface area contributed by atoms with Gasteiger partial charge in [0.2, 0.25) is 0 Å². The maximum Gasteiger partial charge on any atom is 0.350 e. The first-order chi connectivity index (χ1) is 19.7. The molecule has 0 spiro atoms. The number of aliphatic hydroxyl groups is 1. The van der Waals surface area contributed by atoms with Crippen LogP contribution in [0.3, 0.4) is 0 Å². The molecule has 1 amide bonds. The van der Waals surface area contributed by atoms with Crippen LogP contribution in [0.25, 0.3) is 5.76 Å². The highest BCUT2D eigenvalue weighted by Crippen LogP contribution is 2.44. The van der Waals surface area contributed by atoms with Crippen molar-refractivity contribution in [2.24, 2.45) is 0 Å². The molecule has 2 heterocycles. The van der Waals surface area contributed by atoms with Crippen molar-refractivity contribution in [2.75, 3.05) is 24.7 Å². The summed E-state index contributed by atoms with van der Waals surface area (Å²) >= 11 is 0.959. The van der Waals surface area contributed by atoms with Crippen LogP contribution in [0.5, 0.6) is 11.5 Å². The Morgan fingerprint density at radius 3 is 2.49 bits per heavy atom. The fraction of sp³-hybridized carbons (Fsp3) is 0.290. The second-order valence-electron chi connectivity index (χ2n) is 9.30. The van der Waals surface area contributed by atoms with Gasteiger partial charge < -0.3 is 19.3 Å². The molecule has 0 unspecified atom stereocenters. The summed E-state index contributed by atoms with van der Waals surface area (Å²) in [7, 11) is 0. The monoisotopic (exact) mass is 576 g/mol. The average molecular weight is 577 g/mol. The minimum atomic E-state index is -1.01. The van der Waals surface area contributed by atoms with Gasteiger partial charge in [0.15, 0.2) is 5.13 Å². The highest BCUT2D eigenvalue weighted by molar-refractivity contribution is 7.17. The first-order valence-electron chi connectivity index (χ1n) is 13.2. The third-order valence-electron chi connectivity index (χ3n) is 6.37. The van der Waals surface area contributed by atoms with Crippen LogP contribution in [0, 0.1) is 13.8 Å². The number of Topliss-reactive ketones (excluding diaryl/α,β-unsaturated/α-hetero) is 1. The van der Waals surface area contributed by atoms with E-state index in [1.54, 1.807) is 62.4 Å². The molecule has 9 nitrogen and oxygen atoms in total. The Labute approximate surface area is 242 Å². The summed E-state index contributed by atoms with van der Waals surface area (Å²) in [6.07, 6.45) is 2.46. The van der Waals surface area contributed by atoms with E-state index in [4.69, 9.17) is 14.2 Å². The fourth-order valence-electron chi connectivity index (χ4n) is 4.45. The predicted octanol–water partition coefficient (Wildman–Crippen LogP) is 5.92. The summed E-state index contributed by atoms with van der Waals surface area (Å²) in [5.74, 6) is -1.39. The van der Waals surface area contributed by atoms with Crippen molar-refractivity contribution >= 4 is 39.9 Å². The molecule has 1 N–H and O–H groups in total. The lowest BCUT2D eigenvalue weighted by Gasteiger charge is -2.23. The minimum absolute atomic E-state index is 0.0954. The van der Waals surface area contributed by atoms with E-state index in [9.17, 15) is 19.5 Å². The second kappa shape index (κ2) is 12.8. The summed E-state index contributed by atoms with van der Waals surface area (Å²) < 4.78 is 16.5. The number of ketones is 1. The first-order valence-corrected chi connectivity index (χ1v) is 14.1. The van der Waals surface area contributed by atoms with E-state index in [2.05, 4.69) is 11.6 Å². The Morgan fingerprint density at radius 1 is 1.12 bits per heavy atom. The molecule has 1 saturated heterocycles. The van der Waals surface area contributed by atoms with Gasteiger partial charge in [-0.25, -0.2) is 9.78 Å². The van der Waals surface area contributed by atoms with Crippen molar-refractivity contribution in [3.8, 4) is 11.5 Å². The molecule has 1 aliphatic heterocycles. The number of ether oxygens (including phenoxy) is 3. The number of anilines is 1. The Kier molecular flexibility index (Phi) is 9.24. The number of nitrogens with zero attached hydrogens (tertiary/aromatic N) is 2. The molecule has 0 bridgehead atoms. The van der Waals surface area contributed by atoms with Crippen LogP contribution in [-0.4, -0.2) is 47.6 Å². The average Bonchev–Trinajstić information content (AvgIpc) is 3.47. The Bertz CT molecular complexity index is 1510. The van der Waals surface area contributed by atoms with Gasteiger partial charge in [0.1, 0.15) is 28.7 Å². The SMILES string of the molecule is C=CCOc1ccc(C(O)=C2C(=O)C(=O)N(c3nc(C)c(C(=O)OCC)s3)[C@@H]2c2ccc(OCCC)cc2)cc1C. The van der Waals surface area contributed by atoms with Gasteiger partial charge in [-0.05, 0) is 68.7 Å². The summed E-state index contributed by atoms with van der Waals surface area (Å²) in [6.45, 7) is 11.8. The third kappa shape index (κ3) is 6.02. The summed E-state index contributed by atoms with van der Waals surface area (Å²) in [4.78, 5) is 45.5. The molecule has 41 heavy (non-hydrogen) atoms. The van der Waals surface area contributed by atoms with Gasteiger partial charge in [0, 0.05) is 5.56 Å². The molecule has 0 saturated carbocycles. The Hall–Kier alpha value is -4.44. The maximum atomic E-state index is 13.5. The molecule has 1 aromatic heterocycles. The van der Waals surface area contributed by atoms with Crippen LogP contribution in [0.4, 0.5) is 5.13 Å². The molecule has 0 radical (unpaired) electrons. The van der Waals surface area contributed by atoms with Crippen LogP contribution < -0.4 is 14.4 Å². The standard InChI is InChI=1S/C31H32N2O7S/c1-6-15-39-22-12-9-20(10-13-22)25-24(26(34)21-11-14-23(18(4)17-21)40-16-7-2)27(35)29(36)33(25)31-32-19(5)28(41-31)30(37)38-8-3/h7,9-14,17,25,34H,2,6,8,15-16H2,1,3-5H3/t25-/m1/s1. The van der Waals surface area contributed by atoms with E-state index in [1.165, 1.54) is 4.90 Å². The number of aryl methyl sites for hydroxylation is 2. The number of carbonyl (C=O) groups is 3. The van der Waals surface area contributed by atoms with Crippen molar-refractivity contribution in [2.45, 2.75) is 40.2 Å². The van der Waals surface area contributed by atoms with Gasteiger partial charge in [-0.15, -0.1) is 0 Å². The largest absolute Gasteiger partial charge is 0.507 e. The van der Waals surface area contributed by atoms with E-state index in [-0.39, 0.29) is 27.9 Å². The molecule has 1 aliphatic rings. The van der Waals surface area contributed by atoms with Crippen LogP contribution in [0.2, 0.25) is 0 Å². The van der Waals surface area contributed by atoms with Crippen molar-refractivity contribution in [1.29, 1.82) is 0 Å². The van der Waals surface area contributed by atoms with Gasteiger partial charge in [-0.2, -0.15) is 0 Å². The summed E-state index contributed by atoms with van der Waals surface area (Å²) in [5, 5.41) is 11.6. The van der Waals surface area contributed by atoms with Crippen molar-refractivity contribution in [3.05, 3.63) is 88.0 Å². The molecular weight excluding hydrogens is 544 g/mol. The number of hydrogen-bond acceptors (Lipinski definition) is 9. The van der Waals surface area contributed by atoms with Crippen LogP contribution in [0.1, 0.15) is 58.4 Å². The number of amides is 1. The fourth-order valence-corrected chi connectivity index (χ4v) is 5.43. The van der Waals surface area contributed by atoms with E-state index in [1.807, 2.05) is 13.8 Å². The molecule has 214 valence electrons. The number of aliphatic hydroxyl groups excluding tert-OH is 1. The zero-order valence-electron chi connectivity index (χ0n) is 23.4. The maximum absolute atomic E-state index is 13.5. The van der Waals surface area contributed by atoms with Crippen molar-refractivity contribution in [1.82, 2.24) is 4.98 Å². The smallest absolute Gasteiger partial charge is 0.350 e. The van der Waals surface area contributed by atoms with Gasteiger partial charge in [-0.1, -0.05) is 43.0 Å². The first kappa shape index (κ1) is 29.5. The normalized spacial score (nSPS) is 16.1. The lowest BCUT2D eigenvalue weighted by Crippen LogP contribution is -2.29. The molecule has 10 heteroatoms. The molecule has 2 aromatic carbocycles. The Balaban J connectivity index is 1.85. The third-order valence-corrected chi connectivity index (χ3v) is 7.51. The highest BCUT2D eigenvalue weighted by Gasteiger charge is 2.48. The van der Waals surface area contributed by atoms with E-state index in [0.29, 0.717) is 41.5 Å². The van der Waals surface area contributed by atoms with E-state index < -0.39 is 23.7 Å². The van der Waals surface area contributed by atoms with Gasteiger partial charge in [0.25, 0.3) is 5.78 Å². The van der Waals surface area contributed by atoms with Crippen molar-refractivity contribution in [3.63, 3.8) is 0 Å². The lowest BCUT2D eigenvalue weighted by atomic mass is 9.95. The number of esters is 1. The Morgan fingerprint density at radius 2 is 1.85 bits per heavy atom. The highest BCUT2D eigenvalue weighted by atomic mass is 32.1. The zero-order chi connectivity index (χ0) is 29.7. The minimum Gasteiger partial charge on any atom is -0.507 e. The number of aromatic nitrogens is 1. The van der Waals surface area contributed by atoms with Gasteiger partial charge in [-0.3, -0.25) is 14.5 Å². The zero-order valence-corrected chi connectivity index (χ0v) is 24.2. The molecule has 4 rings (SSSR count). The lowest BCUT2D eigenvalue weighted by molar-refractivity contribution is -0.132. The van der Waals surface area contributed by atoms with Crippen LogP contribution in [0.15, 0.2) is 60.7 Å². The molecule has 1 atom stereocenters. The number of hydrogen-bond donors (Lipinski definition) is 1. The van der Waals surface area contributed by atoms with Gasteiger partial charge in [0.05, 0.1) is 30.5 Å². The van der Waals surface area contributed by atoms with E-state index in [0.717, 1.165) is 23.3 Å². The molecule has 1 fully saturated rings. The topological polar surface area (TPSA) is 115 Å². The summed E-state index contributed by atoms with van der Waals surface area (Å²) in [6, 6.07) is 11.0. The number of carbonyl (C=O) groups excluding carboxylic acids is 3. The van der Waals surface area contributed by atoms with Crippen LogP contribution in [-0.2, 0) is 14.3 Å². The molecule has 3 aromatic rings. The second-order valence-corrected chi connectivity index (χ2v) is 10.3. The van der Waals surface area contributed by atoms with Crippen molar-refractivity contribution < 1.29 is 33.7 Å². The van der Waals surface area contributed by atoms with Crippen LogP contribution >= 0.6 is 11.3 Å².